The Morgan fingerprint density at radius 3 is 2.40 bits per heavy atom. The van der Waals surface area contributed by atoms with Crippen molar-refractivity contribution in [2.24, 2.45) is 11.8 Å². The molecular formula is C27H33NO7. The molecule has 1 heterocycles. The van der Waals surface area contributed by atoms with Gasteiger partial charge in [-0.1, -0.05) is 19.1 Å². The number of carbonyl (C=O) groups excluding carboxylic acids is 3. The second-order valence-corrected chi connectivity index (χ2v) is 9.43. The van der Waals surface area contributed by atoms with Crippen molar-refractivity contribution in [3.8, 4) is 11.5 Å². The maximum Gasteiger partial charge on any atom is 0.337 e. The van der Waals surface area contributed by atoms with Gasteiger partial charge in [0.25, 0.3) is 0 Å². The second kappa shape index (κ2) is 10.1. The number of Topliss-reactive ketones (excluding diaryl/α,β-unsaturated/α-hetero) is 1. The number of ketones is 1. The Hall–Kier alpha value is -3.29. The van der Waals surface area contributed by atoms with E-state index in [0.717, 1.165) is 25.7 Å². The third-order valence-electron chi connectivity index (χ3n) is 7.28. The number of methoxy groups -OCH3 is 3. The van der Waals surface area contributed by atoms with E-state index in [9.17, 15) is 14.4 Å². The van der Waals surface area contributed by atoms with Crippen LogP contribution in [-0.4, -0.2) is 45.2 Å². The van der Waals surface area contributed by atoms with E-state index < -0.39 is 23.8 Å². The van der Waals surface area contributed by atoms with Gasteiger partial charge in [-0.25, -0.2) is 4.79 Å². The van der Waals surface area contributed by atoms with Crippen molar-refractivity contribution in [3.05, 3.63) is 46.3 Å². The summed E-state index contributed by atoms with van der Waals surface area (Å²) < 4.78 is 22.1. The first-order valence-electron chi connectivity index (χ1n) is 12.1. The number of hydrogen-bond acceptors (Lipinski definition) is 8. The molecular weight excluding hydrogens is 450 g/mol. The third-order valence-corrected chi connectivity index (χ3v) is 7.28. The lowest BCUT2D eigenvalue weighted by atomic mass is 9.69. The molecule has 3 aliphatic rings. The number of dihydropyridines is 1. The summed E-state index contributed by atoms with van der Waals surface area (Å²) in [4.78, 5) is 40.1. The van der Waals surface area contributed by atoms with Crippen molar-refractivity contribution in [2.75, 3.05) is 21.3 Å². The summed E-state index contributed by atoms with van der Waals surface area (Å²) >= 11 is 0. The molecule has 1 fully saturated rings. The van der Waals surface area contributed by atoms with Crippen molar-refractivity contribution in [3.63, 3.8) is 0 Å². The molecule has 1 aliphatic heterocycles. The van der Waals surface area contributed by atoms with E-state index in [0.29, 0.717) is 46.0 Å². The van der Waals surface area contributed by atoms with Gasteiger partial charge in [-0.05, 0) is 51.0 Å². The van der Waals surface area contributed by atoms with Crippen LogP contribution in [-0.2, 0) is 23.9 Å². The molecule has 8 nitrogen and oxygen atoms in total. The maximum absolute atomic E-state index is 13.9. The van der Waals surface area contributed by atoms with Crippen LogP contribution in [0.25, 0.3) is 0 Å². The van der Waals surface area contributed by atoms with E-state index in [1.54, 1.807) is 12.1 Å². The number of allylic oxidation sites excluding steroid dienone is 3. The van der Waals surface area contributed by atoms with Crippen molar-refractivity contribution in [2.45, 2.75) is 58.0 Å². The summed E-state index contributed by atoms with van der Waals surface area (Å²) in [5, 5.41) is 3.29. The van der Waals surface area contributed by atoms with Gasteiger partial charge < -0.3 is 24.3 Å². The highest BCUT2D eigenvalue weighted by atomic mass is 16.5. The fourth-order valence-electron chi connectivity index (χ4n) is 5.62. The molecule has 3 unspecified atom stereocenters. The van der Waals surface area contributed by atoms with Crippen LogP contribution in [0.5, 0.6) is 11.5 Å². The van der Waals surface area contributed by atoms with Gasteiger partial charge >= 0.3 is 11.9 Å². The SMILES string of the molecule is COC(=O)C1C(=O)C2=C(CC1C)NC(C)=C(C(=O)OC1CCCC1)C2c1cccc(OC)c1OC. The minimum Gasteiger partial charge on any atom is -0.493 e. The van der Waals surface area contributed by atoms with Crippen molar-refractivity contribution < 1.29 is 33.3 Å². The van der Waals surface area contributed by atoms with Gasteiger partial charge in [-0.2, -0.15) is 0 Å². The number of ether oxygens (including phenoxy) is 4. The molecule has 8 heteroatoms. The monoisotopic (exact) mass is 483 g/mol. The molecule has 1 aromatic carbocycles. The smallest absolute Gasteiger partial charge is 0.337 e. The topological polar surface area (TPSA) is 100 Å². The zero-order valence-corrected chi connectivity index (χ0v) is 20.9. The second-order valence-electron chi connectivity index (χ2n) is 9.43. The molecule has 0 radical (unpaired) electrons. The normalized spacial score (nSPS) is 24.6. The Morgan fingerprint density at radius 1 is 1.06 bits per heavy atom. The summed E-state index contributed by atoms with van der Waals surface area (Å²) in [5.74, 6) is -2.49. The van der Waals surface area contributed by atoms with E-state index >= 15 is 0 Å². The summed E-state index contributed by atoms with van der Waals surface area (Å²) in [6.07, 6.45) is 4.02. The molecule has 4 rings (SSSR count). The molecule has 3 atom stereocenters. The van der Waals surface area contributed by atoms with Crippen molar-refractivity contribution in [1.29, 1.82) is 0 Å². The Morgan fingerprint density at radius 2 is 1.77 bits per heavy atom. The standard InChI is InChI=1S/C27H33NO7/c1-14-13-18-23(24(29)20(14)26(30)34-5)22(17-11-8-12-19(32-3)25(17)33-4)21(15(2)28-18)27(31)35-16-9-6-7-10-16/h8,11-12,14,16,20,22,28H,6-7,9-10,13H2,1-5H3. The summed E-state index contributed by atoms with van der Waals surface area (Å²) in [7, 11) is 4.33. The van der Waals surface area contributed by atoms with E-state index in [4.69, 9.17) is 18.9 Å². The molecule has 2 aliphatic carbocycles. The lowest BCUT2D eigenvalue weighted by Gasteiger charge is -2.38. The van der Waals surface area contributed by atoms with E-state index in [-0.39, 0.29) is 17.8 Å². The van der Waals surface area contributed by atoms with Gasteiger partial charge in [0, 0.05) is 22.5 Å². The number of rotatable bonds is 6. The van der Waals surface area contributed by atoms with Crippen LogP contribution in [0.4, 0.5) is 0 Å². The van der Waals surface area contributed by atoms with Gasteiger partial charge in [0.1, 0.15) is 12.0 Å². The molecule has 0 aromatic heterocycles. The van der Waals surface area contributed by atoms with E-state index in [2.05, 4.69) is 5.32 Å². The summed E-state index contributed by atoms with van der Waals surface area (Å²) in [6.45, 7) is 3.67. The Labute approximate surface area is 205 Å². The molecule has 0 spiro atoms. The average Bonchev–Trinajstić information content (AvgIpc) is 3.35. The lowest BCUT2D eigenvalue weighted by molar-refractivity contribution is -0.151. The van der Waals surface area contributed by atoms with Gasteiger partial charge in [0.15, 0.2) is 17.3 Å². The summed E-state index contributed by atoms with van der Waals surface area (Å²) in [5.41, 5.74) is 2.64. The molecule has 188 valence electrons. The lowest BCUT2D eigenvalue weighted by Crippen LogP contribution is -2.43. The van der Waals surface area contributed by atoms with Crippen molar-refractivity contribution >= 4 is 17.7 Å². The van der Waals surface area contributed by atoms with Crippen LogP contribution in [0.15, 0.2) is 40.7 Å². The number of hydrogen-bond donors (Lipinski definition) is 1. The molecule has 0 saturated heterocycles. The van der Waals surface area contributed by atoms with Crippen LogP contribution < -0.4 is 14.8 Å². The highest BCUT2D eigenvalue weighted by Crippen LogP contribution is 2.49. The predicted molar refractivity (Wildman–Crippen MR) is 128 cm³/mol. The fourth-order valence-corrected chi connectivity index (χ4v) is 5.62. The Bertz CT molecular complexity index is 1100. The van der Waals surface area contributed by atoms with Gasteiger partial charge in [0.2, 0.25) is 0 Å². The minimum atomic E-state index is -0.954. The average molecular weight is 484 g/mol. The number of para-hydroxylation sites is 1. The summed E-state index contributed by atoms with van der Waals surface area (Å²) in [6, 6.07) is 5.37. The first-order valence-corrected chi connectivity index (χ1v) is 12.1. The first-order chi connectivity index (χ1) is 16.8. The van der Waals surface area contributed by atoms with Crippen LogP contribution in [0.2, 0.25) is 0 Å². The molecule has 0 amide bonds. The minimum absolute atomic E-state index is 0.143. The van der Waals surface area contributed by atoms with Crippen LogP contribution in [0.1, 0.15) is 57.4 Å². The molecule has 1 saturated carbocycles. The Balaban J connectivity index is 1.88. The Kier molecular flexibility index (Phi) is 7.19. The van der Waals surface area contributed by atoms with Crippen LogP contribution in [0, 0.1) is 11.8 Å². The van der Waals surface area contributed by atoms with E-state index in [1.807, 2.05) is 19.9 Å². The number of carbonyl (C=O) groups is 3. The van der Waals surface area contributed by atoms with Gasteiger partial charge in [0.05, 0.1) is 32.8 Å². The fraction of sp³-hybridized carbons (Fsp3) is 0.519. The molecule has 0 bridgehead atoms. The number of nitrogens with one attached hydrogen (secondary N) is 1. The number of esters is 2. The molecule has 1 aromatic rings. The van der Waals surface area contributed by atoms with Crippen molar-refractivity contribution in [1.82, 2.24) is 5.32 Å². The molecule has 35 heavy (non-hydrogen) atoms. The highest BCUT2D eigenvalue weighted by Gasteiger charge is 2.48. The van der Waals surface area contributed by atoms with Gasteiger partial charge in [-0.15, -0.1) is 0 Å². The molecule has 1 N–H and O–H groups in total. The zero-order valence-electron chi connectivity index (χ0n) is 20.9. The zero-order chi connectivity index (χ0) is 25.3. The van der Waals surface area contributed by atoms with Crippen LogP contribution in [0.3, 0.4) is 0 Å². The first kappa shape index (κ1) is 24.8. The number of benzene rings is 1. The highest BCUT2D eigenvalue weighted by molar-refractivity contribution is 6.12. The van der Waals surface area contributed by atoms with E-state index in [1.165, 1.54) is 21.3 Å². The predicted octanol–water partition coefficient (Wildman–Crippen LogP) is 3.80. The largest absolute Gasteiger partial charge is 0.493 e. The maximum atomic E-state index is 13.9. The van der Waals surface area contributed by atoms with Crippen LogP contribution >= 0.6 is 0 Å². The van der Waals surface area contributed by atoms with Gasteiger partial charge in [-0.3, -0.25) is 9.59 Å². The quantitative estimate of drug-likeness (QED) is 0.482. The third kappa shape index (κ3) is 4.42.